The zero-order valence-electron chi connectivity index (χ0n) is 11.6. The number of anilines is 3. The molecule has 0 unspecified atom stereocenters. The van der Waals surface area contributed by atoms with E-state index in [1.807, 2.05) is 12.1 Å². The monoisotopic (exact) mass is 256 g/mol. The van der Waals surface area contributed by atoms with Crippen LogP contribution >= 0.6 is 0 Å². The average Bonchev–Trinajstić information content (AvgIpc) is 2.39. The van der Waals surface area contributed by atoms with Crippen molar-refractivity contribution >= 4 is 17.3 Å². The molecule has 1 aromatic carbocycles. The summed E-state index contributed by atoms with van der Waals surface area (Å²) >= 11 is 0. The Kier molecular flexibility index (Phi) is 4.34. The Balaban J connectivity index is 2.18. The van der Waals surface area contributed by atoms with Crippen LogP contribution in [0.2, 0.25) is 0 Å². The second kappa shape index (κ2) is 6.18. The molecule has 0 atom stereocenters. The Bertz CT molecular complexity index is 537. The Morgan fingerprint density at radius 3 is 2.58 bits per heavy atom. The van der Waals surface area contributed by atoms with Crippen LogP contribution in [0.25, 0.3) is 0 Å². The molecule has 4 heteroatoms. The smallest absolute Gasteiger partial charge is 0.135 e. The van der Waals surface area contributed by atoms with E-state index in [1.54, 1.807) is 6.33 Å². The van der Waals surface area contributed by atoms with Crippen molar-refractivity contribution in [2.45, 2.75) is 33.2 Å². The molecule has 1 heterocycles. The first-order valence-electron chi connectivity index (χ1n) is 6.62. The van der Waals surface area contributed by atoms with Crippen LogP contribution < -0.4 is 10.6 Å². The number of aromatic nitrogens is 2. The highest BCUT2D eigenvalue weighted by molar-refractivity contribution is 5.62. The van der Waals surface area contributed by atoms with Gasteiger partial charge >= 0.3 is 0 Å². The minimum atomic E-state index is 0.352. The molecule has 0 spiro atoms. The second-order valence-electron chi connectivity index (χ2n) is 4.72. The number of nitrogens with zero attached hydrogens (tertiary/aromatic N) is 2. The van der Waals surface area contributed by atoms with E-state index in [-0.39, 0.29) is 0 Å². The van der Waals surface area contributed by atoms with Gasteiger partial charge in [-0.1, -0.05) is 25.1 Å². The lowest BCUT2D eigenvalue weighted by Crippen LogP contribution is -2.11. The molecule has 0 amide bonds. The van der Waals surface area contributed by atoms with Crippen molar-refractivity contribution in [2.75, 3.05) is 10.6 Å². The van der Waals surface area contributed by atoms with Crippen LogP contribution in [-0.4, -0.2) is 16.0 Å². The fraction of sp³-hybridized carbons (Fsp3) is 0.333. The van der Waals surface area contributed by atoms with Gasteiger partial charge < -0.3 is 10.6 Å². The molecule has 2 aromatic rings. The van der Waals surface area contributed by atoms with Crippen LogP contribution in [0.4, 0.5) is 17.3 Å². The number of para-hydroxylation sites is 1. The molecule has 0 aliphatic heterocycles. The number of hydrogen-bond donors (Lipinski definition) is 2. The van der Waals surface area contributed by atoms with Crippen molar-refractivity contribution in [1.82, 2.24) is 9.97 Å². The summed E-state index contributed by atoms with van der Waals surface area (Å²) in [5.41, 5.74) is 2.37. The van der Waals surface area contributed by atoms with Crippen molar-refractivity contribution in [2.24, 2.45) is 0 Å². The maximum absolute atomic E-state index is 4.26. The van der Waals surface area contributed by atoms with Gasteiger partial charge in [0.2, 0.25) is 0 Å². The van der Waals surface area contributed by atoms with E-state index < -0.39 is 0 Å². The van der Waals surface area contributed by atoms with Crippen molar-refractivity contribution in [3.05, 3.63) is 42.2 Å². The molecular formula is C15H20N4. The van der Waals surface area contributed by atoms with Gasteiger partial charge in [-0.15, -0.1) is 0 Å². The average molecular weight is 256 g/mol. The van der Waals surface area contributed by atoms with Crippen LogP contribution in [0.1, 0.15) is 26.3 Å². The predicted molar refractivity (Wildman–Crippen MR) is 79.9 cm³/mol. The largest absolute Gasteiger partial charge is 0.368 e. The molecule has 100 valence electrons. The van der Waals surface area contributed by atoms with E-state index in [1.165, 1.54) is 5.56 Å². The number of aryl methyl sites for hydroxylation is 1. The molecule has 0 fully saturated rings. The van der Waals surface area contributed by atoms with Crippen molar-refractivity contribution in [1.29, 1.82) is 0 Å². The molecule has 2 rings (SSSR count). The minimum absolute atomic E-state index is 0.352. The van der Waals surface area contributed by atoms with Gasteiger partial charge in [0.15, 0.2) is 0 Å². The molecule has 2 N–H and O–H groups in total. The van der Waals surface area contributed by atoms with Crippen LogP contribution in [0.3, 0.4) is 0 Å². The Morgan fingerprint density at radius 2 is 1.84 bits per heavy atom. The van der Waals surface area contributed by atoms with Crippen LogP contribution in [0.5, 0.6) is 0 Å². The van der Waals surface area contributed by atoms with Gasteiger partial charge in [0.05, 0.1) is 0 Å². The fourth-order valence-corrected chi connectivity index (χ4v) is 1.89. The van der Waals surface area contributed by atoms with E-state index >= 15 is 0 Å². The van der Waals surface area contributed by atoms with Crippen molar-refractivity contribution in [3.63, 3.8) is 0 Å². The van der Waals surface area contributed by atoms with Gasteiger partial charge in [-0.2, -0.15) is 0 Å². The predicted octanol–water partition coefficient (Wildman–Crippen LogP) is 3.60. The van der Waals surface area contributed by atoms with E-state index in [4.69, 9.17) is 0 Å². The lowest BCUT2D eigenvalue weighted by molar-refractivity contribution is 0.886. The first kappa shape index (κ1) is 13.3. The molecule has 0 radical (unpaired) electrons. The zero-order chi connectivity index (χ0) is 13.7. The molecule has 1 aromatic heterocycles. The number of benzene rings is 1. The number of rotatable bonds is 5. The lowest BCUT2D eigenvalue weighted by atomic mass is 10.1. The van der Waals surface area contributed by atoms with E-state index in [0.29, 0.717) is 6.04 Å². The molecule has 0 saturated carbocycles. The first-order valence-corrected chi connectivity index (χ1v) is 6.62. The summed E-state index contributed by atoms with van der Waals surface area (Å²) in [7, 11) is 0. The van der Waals surface area contributed by atoms with Crippen LogP contribution in [0, 0.1) is 0 Å². The number of hydrogen-bond acceptors (Lipinski definition) is 4. The summed E-state index contributed by atoms with van der Waals surface area (Å²) in [5, 5.41) is 6.61. The Morgan fingerprint density at radius 1 is 1.11 bits per heavy atom. The Labute approximate surface area is 114 Å². The highest BCUT2D eigenvalue weighted by atomic mass is 15.1. The van der Waals surface area contributed by atoms with Crippen molar-refractivity contribution < 1.29 is 0 Å². The molecule has 0 aliphatic carbocycles. The van der Waals surface area contributed by atoms with Crippen LogP contribution in [0.15, 0.2) is 36.7 Å². The summed E-state index contributed by atoms with van der Waals surface area (Å²) in [6, 6.07) is 10.5. The third kappa shape index (κ3) is 3.68. The molecule has 0 saturated heterocycles. The van der Waals surface area contributed by atoms with Gasteiger partial charge in [-0.05, 0) is 31.9 Å². The third-order valence-electron chi connectivity index (χ3n) is 2.76. The Hall–Kier alpha value is -2.10. The van der Waals surface area contributed by atoms with Crippen molar-refractivity contribution in [3.8, 4) is 0 Å². The van der Waals surface area contributed by atoms with E-state index in [2.05, 4.69) is 59.6 Å². The fourth-order valence-electron chi connectivity index (χ4n) is 1.89. The standard InChI is InChI=1S/C15H20N4/c1-4-12-7-5-6-8-13(12)19-15-9-14(16-10-17-15)18-11(2)3/h5-11H,4H2,1-3H3,(H2,16,17,18,19). The van der Waals surface area contributed by atoms with E-state index in [0.717, 1.165) is 23.7 Å². The second-order valence-corrected chi connectivity index (χ2v) is 4.72. The SMILES string of the molecule is CCc1ccccc1Nc1cc(NC(C)C)ncn1. The van der Waals surface area contributed by atoms with Gasteiger partial charge in [0.1, 0.15) is 18.0 Å². The van der Waals surface area contributed by atoms with Gasteiger partial charge in [-0.25, -0.2) is 9.97 Å². The minimum Gasteiger partial charge on any atom is -0.368 e. The quantitative estimate of drug-likeness (QED) is 0.858. The van der Waals surface area contributed by atoms with Gasteiger partial charge in [-0.3, -0.25) is 0 Å². The summed E-state index contributed by atoms with van der Waals surface area (Å²) in [6.45, 7) is 6.31. The van der Waals surface area contributed by atoms with E-state index in [9.17, 15) is 0 Å². The topological polar surface area (TPSA) is 49.8 Å². The maximum Gasteiger partial charge on any atom is 0.135 e. The summed E-state index contributed by atoms with van der Waals surface area (Å²) in [6.07, 6.45) is 2.56. The molecular weight excluding hydrogens is 236 g/mol. The molecule has 4 nitrogen and oxygen atoms in total. The van der Waals surface area contributed by atoms with Crippen LogP contribution in [-0.2, 0) is 6.42 Å². The maximum atomic E-state index is 4.26. The summed E-state index contributed by atoms with van der Waals surface area (Å²) < 4.78 is 0. The van der Waals surface area contributed by atoms with Gasteiger partial charge in [0.25, 0.3) is 0 Å². The summed E-state index contributed by atoms with van der Waals surface area (Å²) in [4.78, 5) is 8.46. The molecule has 0 bridgehead atoms. The van der Waals surface area contributed by atoms with Gasteiger partial charge in [0, 0.05) is 17.8 Å². The zero-order valence-corrected chi connectivity index (χ0v) is 11.6. The molecule has 0 aliphatic rings. The highest BCUT2D eigenvalue weighted by Gasteiger charge is 2.03. The molecule has 19 heavy (non-hydrogen) atoms. The third-order valence-corrected chi connectivity index (χ3v) is 2.76. The number of nitrogens with one attached hydrogen (secondary N) is 2. The summed E-state index contributed by atoms with van der Waals surface area (Å²) in [5.74, 6) is 1.64. The lowest BCUT2D eigenvalue weighted by Gasteiger charge is -2.12. The highest BCUT2D eigenvalue weighted by Crippen LogP contribution is 2.20. The normalized spacial score (nSPS) is 10.5. The first-order chi connectivity index (χ1) is 9.19.